The van der Waals surface area contributed by atoms with Crippen molar-refractivity contribution in [2.75, 3.05) is 43.0 Å². The SMILES string of the molecule is CCOc1ccc(S(=O)(=O)N2CCN(c3ccccc3F)CC2)cc1NC(=O)c1ccccc1. The van der Waals surface area contributed by atoms with Crippen LogP contribution in [0.3, 0.4) is 0 Å². The molecule has 178 valence electrons. The van der Waals surface area contributed by atoms with Gasteiger partial charge in [-0.2, -0.15) is 4.31 Å². The van der Waals surface area contributed by atoms with E-state index in [1.54, 1.807) is 48.5 Å². The van der Waals surface area contributed by atoms with Crippen molar-refractivity contribution in [3.05, 3.63) is 84.2 Å². The van der Waals surface area contributed by atoms with Gasteiger partial charge in [0.15, 0.2) is 0 Å². The van der Waals surface area contributed by atoms with Crippen LogP contribution in [0.4, 0.5) is 15.8 Å². The Balaban J connectivity index is 1.54. The number of nitrogens with zero attached hydrogens (tertiary/aromatic N) is 2. The number of nitrogens with one attached hydrogen (secondary N) is 1. The first-order valence-electron chi connectivity index (χ1n) is 11.0. The molecule has 0 spiro atoms. The standard InChI is InChI=1S/C25H26FN3O4S/c1-2-33-24-13-12-20(18-22(24)27-25(30)19-8-4-3-5-9-19)34(31,32)29-16-14-28(15-17-29)23-11-7-6-10-21(23)26/h3-13,18H,2,14-17H2,1H3,(H,27,30). The molecule has 1 aliphatic heterocycles. The summed E-state index contributed by atoms with van der Waals surface area (Å²) >= 11 is 0. The van der Waals surface area contributed by atoms with Gasteiger partial charge in [0, 0.05) is 31.7 Å². The van der Waals surface area contributed by atoms with E-state index in [2.05, 4.69) is 5.32 Å². The fraction of sp³-hybridized carbons (Fsp3) is 0.240. The minimum absolute atomic E-state index is 0.0543. The van der Waals surface area contributed by atoms with Crippen LogP contribution in [0.25, 0.3) is 0 Å². The number of para-hydroxylation sites is 1. The van der Waals surface area contributed by atoms with Crippen molar-refractivity contribution in [2.45, 2.75) is 11.8 Å². The van der Waals surface area contributed by atoms with Crippen LogP contribution in [0.1, 0.15) is 17.3 Å². The number of ether oxygens (including phenoxy) is 1. The zero-order valence-electron chi connectivity index (χ0n) is 18.8. The Labute approximate surface area is 198 Å². The number of piperazine rings is 1. The predicted octanol–water partition coefficient (Wildman–Crippen LogP) is 3.99. The topological polar surface area (TPSA) is 79.0 Å². The van der Waals surface area contributed by atoms with Crippen molar-refractivity contribution >= 4 is 27.3 Å². The molecule has 4 rings (SSSR count). The van der Waals surface area contributed by atoms with Crippen LogP contribution in [0.5, 0.6) is 5.75 Å². The quantitative estimate of drug-likeness (QED) is 0.550. The number of sulfonamides is 1. The number of rotatable bonds is 7. The monoisotopic (exact) mass is 483 g/mol. The molecule has 7 nitrogen and oxygen atoms in total. The molecule has 1 N–H and O–H groups in total. The molecule has 9 heteroatoms. The third-order valence-electron chi connectivity index (χ3n) is 5.60. The second-order valence-electron chi connectivity index (χ2n) is 7.75. The summed E-state index contributed by atoms with van der Waals surface area (Å²) in [5.74, 6) is -0.311. The maximum Gasteiger partial charge on any atom is 0.255 e. The fourth-order valence-electron chi connectivity index (χ4n) is 3.86. The van der Waals surface area contributed by atoms with Crippen LogP contribution in [-0.2, 0) is 10.0 Å². The average molecular weight is 484 g/mol. The molecular weight excluding hydrogens is 457 g/mol. The maximum absolute atomic E-state index is 14.1. The highest BCUT2D eigenvalue weighted by Crippen LogP contribution is 2.30. The van der Waals surface area contributed by atoms with Crippen molar-refractivity contribution in [1.82, 2.24) is 4.31 Å². The molecule has 3 aromatic rings. The van der Waals surface area contributed by atoms with Gasteiger partial charge in [-0.1, -0.05) is 30.3 Å². The van der Waals surface area contributed by atoms with Gasteiger partial charge in [-0.3, -0.25) is 4.79 Å². The van der Waals surface area contributed by atoms with Crippen LogP contribution in [0.2, 0.25) is 0 Å². The van der Waals surface area contributed by atoms with Crippen LogP contribution in [-0.4, -0.2) is 51.4 Å². The van der Waals surface area contributed by atoms with Gasteiger partial charge in [0.25, 0.3) is 5.91 Å². The van der Waals surface area contributed by atoms with Crippen molar-refractivity contribution in [3.63, 3.8) is 0 Å². The van der Waals surface area contributed by atoms with E-state index >= 15 is 0 Å². The van der Waals surface area contributed by atoms with E-state index in [4.69, 9.17) is 4.74 Å². The molecule has 34 heavy (non-hydrogen) atoms. The first-order valence-corrected chi connectivity index (χ1v) is 12.5. The van der Waals surface area contributed by atoms with Gasteiger partial charge in [-0.15, -0.1) is 0 Å². The lowest BCUT2D eigenvalue weighted by atomic mass is 10.2. The Morgan fingerprint density at radius 1 is 0.971 bits per heavy atom. The number of carbonyl (C=O) groups excluding carboxylic acids is 1. The number of amides is 1. The van der Waals surface area contributed by atoms with Crippen molar-refractivity contribution in [1.29, 1.82) is 0 Å². The molecule has 1 fully saturated rings. The van der Waals surface area contributed by atoms with Gasteiger partial charge in [0.05, 0.1) is 22.9 Å². The summed E-state index contributed by atoms with van der Waals surface area (Å²) in [5, 5.41) is 2.77. The molecule has 1 saturated heterocycles. The lowest BCUT2D eigenvalue weighted by molar-refractivity contribution is 0.102. The Kier molecular flexibility index (Phi) is 7.14. The highest BCUT2D eigenvalue weighted by atomic mass is 32.2. The van der Waals surface area contributed by atoms with Crippen molar-refractivity contribution in [2.24, 2.45) is 0 Å². The summed E-state index contributed by atoms with van der Waals surface area (Å²) in [7, 11) is -3.83. The molecule has 1 heterocycles. The zero-order valence-corrected chi connectivity index (χ0v) is 19.6. The number of hydrogen-bond acceptors (Lipinski definition) is 5. The summed E-state index contributed by atoms with van der Waals surface area (Å²) in [4.78, 5) is 14.6. The maximum atomic E-state index is 14.1. The zero-order chi connectivity index (χ0) is 24.1. The van der Waals surface area contributed by atoms with Gasteiger partial charge in [0.2, 0.25) is 10.0 Å². The molecule has 3 aromatic carbocycles. The van der Waals surface area contributed by atoms with Crippen molar-refractivity contribution < 1.29 is 22.3 Å². The van der Waals surface area contributed by atoms with Gasteiger partial charge in [-0.25, -0.2) is 12.8 Å². The van der Waals surface area contributed by atoms with Crippen LogP contribution in [0.15, 0.2) is 77.7 Å². The Bertz CT molecular complexity index is 1260. The first kappa shape index (κ1) is 23.7. The smallest absolute Gasteiger partial charge is 0.255 e. The Morgan fingerprint density at radius 2 is 1.65 bits per heavy atom. The minimum atomic E-state index is -3.83. The lowest BCUT2D eigenvalue weighted by Crippen LogP contribution is -2.48. The molecule has 1 aliphatic rings. The molecule has 0 aliphatic carbocycles. The largest absolute Gasteiger partial charge is 0.492 e. The summed E-state index contributed by atoms with van der Waals surface area (Å²) < 4.78 is 47.8. The number of halogens is 1. The number of anilines is 2. The molecule has 0 aromatic heterocycles. The first-order chi connectivity index (χ1) is 16.4. The fourth-order valence-corrected chi connectivity index (χ4v) is 5.31. The molecule has 0 unspecified atom stereocenters. The highest BCUT2D eigenvalue weighted by Gasteiger charge is 2.30. The summed E-state index contributed by atoms with van der Waals surface area (Å²) in [6.45, 7) is 3.34. The van der Waals surface area contributed by atoms with E-state index in [1.165, 1.54) is 22.5 Å². The van der Waals surface area contributed by atoms with E-state index < -0.39 is 10.0 Å². The van der Waals surface area contributed by atoms with Crippen molar-refractivity contribution in [3.8, 4) is 5.75 Å². The number of hydrogen-bond donors (Lipinski definition) is 1. The molecular formula is C25H26FN3O4S. The highest BCUT2D eigenvalue weighted by molar-refractivity contribution is 7.89. The van der Waals surface area contributed by atoms with Crippen LogP contribution >= 0.6 is 0 Å². The second-order valence-corrected chi connectivity index (χ2v) is 9.69. The third-order valence-corrected chi connectivity index (χ3v) is 7.50. The summed E-state index contributed by atoms with van der Waals surface area (Å²) in [6.07, 6.45) is 0. The van der Waals surface area contributed by atoms with E-state index in [0.717, 1.165) is 0 Å². The van der Waals surface area contributed by atoms with Crippen LogP contribution < -0.4 is 15.0 Å². The van der Waals surface area contributed by atoms with Gasteiger partial charge >= 0.3 is 0 Å². The molecule has 0 atom stereocenters. The molecule has 1 amide bonds. The van der Waals surface area contributed by atoms with E-state index in [-0.39, 0.29) is 35.4 Å². The Hall–Kier alpha value is -3.43. The number of carbonyl (C=O) groups is 1. The predicted molar refractivity (Wildman–Crippen MR) is 129 cm³/mol. The van der Waals surface area contributed by atoms with Gasteiger partial charge < -0.3 is 15.0 Å². The normalized spacial score (nSPS) is 14.6. The van der Waals surface area contributed by atoms with Gasteiger partial charge in [-0.05, 0) is 49.4 Å². The third kappa shape index (κ3) is 5.05. The number of benzene rings is 3. The molecule has 0 saturated carbocycles. The summed E-state index contributed by atoms with van der Waals surface area (Å²) in [6, 6.07) is 19.6. The van der Waals surface area contributed by atoms with E-state index in [1.807, 2.05) is 17.9 Å². The second kappa shape index (κ2) is 10.2. The Morgan fingerprint density at radius 3 is 2.32 bits per heavy atom. The average Bonchev–Trinajstić information content (AvgIpc) is 2.86. The van der Waals surface area contributed by atoms with Crippen LogP contribution in [0, 0.1) is 5.82 Å². The van der Waals surface area contributed by atoms with E-state index in [9.17, 15) is 17.6 Å². The molecule has 0 bridgehead atoms. The molecule has 0 radical (unpaired) electrons. The van der Waals surface area contributed by atoms with Gasteiger partial charge in [0.1, 0.15) is 11.6 Å². The summed E-state index contributed by atoms with van der Waals surface area (Å²) in [5.41, 5.74) is 1.19. The minimum Gasteiger partial charge on any atom is -0.492 e. The lowest BCUT2D eigenvalue weighted by Gasteiger charge is -2.35. The van der Waals surface area contributed by atoms with E-state index in [0.29, 0.717) is 36.7 Å².